The molecule has 4 heteroatoms. The number of nitrogens with zero attached hydrogens (tertiary/aromatic N) is 2. The lowest BCUT2D eigenvalue weighted by atomic mass is 9.82. The van der Waals surface area contributed by atoms with Crippen molar-refractivity contribution in [1.29, 1.82) is 0 Å². The molecule has 0 saturated heterocycles. The van der Waals surface area contributed by atoms with Crippen LogP contribution in [-0.4, -0.2) is 16.0 Å². The Kier molecular flexibility index (Phi) is 2.51. The molecule has 2 aliphatic rings. The minimum atomic E-state index is 0.555. The van der Waals surface area contributed by atoms with Gasteiger partial charge in [-0.1, -0.05) is 18.5 Å². The van der Waals surface area contributed by atoms with Gasteiger partial charge in [-0.05, 0) is 31.6 Å². The molecule has 1 heterocycles. The Hall–Kier alpha value is -0.830. The zero-order valence-corrected chi connectivity index (χ0v) is 10.2. The maximum Gasteiger partial charge on any atom is 0.135 e. The van der Waals surface area contributed by atoms with Crippen LogP contribution in [0.4, 0.5) is 5.82 Å². The third-order valence-corrected chi connectivity index (χ3v) is 3.57. The maximum absolute atomic E-state index is 6.00. The van der Waals surface area contributed by atoms with Crippen LogP contribution in [0, 0.1) is 5.92 Å². The number of rotatable bonds is 3. The quantitative estimate of drug-likeness (QED) is 0.821. The van der Waals surface area contributed by atoms with E-state index < -0.39 is 0 Å². The van der Waals surface area contributed by atoms with Crippen molar-refractivity contribution in [3.63, 3.8) is 0 Å². The average Bonchev–Trinajstić information content (AvgIpc) is 2.97. The molecule has 0 radical (unpaired) electrons. The number of halogens is 1. The predicted octanol–water partition coefficient (Wildman–Crippen LogP) is 3.22. The van der Waals surface area contributed by atoms with E-state index in [1.165, 1.54) is 25.7 Å². The molecule has 16 heavy (non-hydrogen) atoms. The van der Waals surface area contributed by atoms with Gasteiger partial charge in [-0.15, -0.1) is 0 Å². The molecule has 0 amide bonds. The molecule has 2 aliphatic carbocycles. The van der Waals surface area contributed by atoms with Gasteiger partial charge in [-0.3, -0.25) is 0 Å². The summed E-state index contributed by atoms with van der Waals surface area (Å²) >= 11 is 6.00. The number of anilines is 1. The largest absolute Gasteiger partial charge is 0.367 e. The summed E-state index contributed by atoms with van der Waals surface area (Å²) in [5, 5.41) is 4.00. The molecule has 1 N–H and O–H groups in total. The summed E-state index contributed by atoms with van der Waals surface area (Å²) in [5.41, 5.74) is 0. The van der Waals surface area contributed by atoms with E-state index in [1.807, 2.05) is 6.07 Å². The topological polar surface area (TPSA) is 37.8 Å². The Labute approximate surface area is 101 Å². The van der Waals surface area contributed by atoms with Crippen LogP contribution in [0.3, 0.4) is 0 Å². The monoisotopic (exact) mass is 237 g/mol. The lowest BCUT2D eigenvalue weighted by Gasteiger charge is -2.33. The Morgan fingerprint density at radius 2 is 2.06 bits per heavy atom. The van der Waals surface area contributed by atoms with Crippen LogP contribution in [0.15, 0.2) is 6.07 Å². The van der Waals surface area contributed by atoms with E-state index in [0.717, 1.165) is 17.6 Å². The third kappa shape index (κ3) is 2.14. The van der Waals surface area contributed by atoms with Crippen molar-refractivity contribution in [2.75, 3.05) is 5.32 Å². The standard InChI is InChI=1S/C12H16ClN3/c1-7-4-9(5-7)14-11-6-10(13)15-12(16-11)8-2-3-8/h6-9H,2-5H2,1H3,(H,14,15,16). The van der Waals surface area contributed by atoms with Crippen molar-refractivity contribution in [2.45, 2.75) is 44.6 Å². The number of nitrogens with one attached hydrogen (secondary N) is 1. The summed E-state index contributed by atoms with van der Waals surface area (Å²) in [7, 11) is 0. The van der Waals surface area contributed by atoms with Gasteiger partial charge in [0.15, 0.2) is 0 Å². The molecule has 3 rings (SSSR count). The van der Waals surface area contributed by atoms with Gasteiger partial charge in [-0.2, -0.15) is 0 Å². The molecular formula is C12H16ClN3. The van der Waals surface area contributed by atoms with Crippen LogP contribution in [-0.2, 0) is 0 Å². The van der Waals surface area contributed by atoms with Crippen LogP contribution in [0.5, 0.6) is 0 Å². The molecule has 1 aromatic rings. The zero-order valence-electron chi connectivity index (χ0n) is 9.41. The highest BCUT2D eigenvalue weighted by Gasteiger charge is 2.29. The van der Waals surface area contributed by atoms with Gasteiger partial charge in [-0.25, -0.2) is 9.97 Å². The predicted molar refractivity (Wildman–Crippen MR) is 64.8 cm³/mol. The highest BCUT2D eigenvalue weighted by Crippen LogP contribution is 2.39. The molecule has 0 aromatic carbocycles. The zero-order chi connectivity index (χ0) is 11.1. The molecule has 0 spiro atoms. The van der Waals surface area contributed by atoms with Gasteiger partial charge in [0.1, 0.15) is 16.8 Å². The lowest BCUT2D eigenvalue weighted by molar-refractivity contribution is 0.308. The Bertz CT molecular complexity index is 397. The van der Waals surface area contributed by atoms with Crippen LogP contribution < -0.4 is 5.32 Å². The molecule has 86 valence electrons. The minimum absolute atomic E-state index is 0.555. The van der Waals surface area contributed by atoms with Gasteiger partial charge in [0.05, 0.1) is 0 Å². The van der Waals surface area contributed by atoms with Gasteiger partial charge in [0.2, 0.25) is 0 Å². The summed E-state index contributed by atoms with van der Waals surface area (Å²) in [4.78, 5) is 8.81. The highest BCUT2D eigenvalue weighted by molar-refractivity contribution is 6.29. The molecule has 1 aromatic heterocycles. The summed E-state index contributed by atoms with van der Waals surface area (Å²) in [5.74, 6) is 3.22. The van der Waals surface area contributed by atoms with Gasteiger partial charge < -0.3 is 5.32 Å². The molecule has 0 unspecified atom stereocenters. The van der Waals surface area contributed by atoms with Gasteiger partial charge in [0.25, 0.3) is 0 Å². The molecule has 0 bridgehead atoms. The summed E-state index contributed by atoms with van der Waals surface area (Å²) in [6.45, 7) is 2.28. The van der Waals surface area contributed by atoms with E-state index in [4.69, 9.17) is 11.6 Å². The first-order valence-electron chi connectivity index (χ1n) is 6.01. The fraction of sp³-hybridized carbons (Fsp3) is 0.667. The van der Waals surface area contributed by atoms with Crippen molar-refractivity contribution in [2.24, 2.45) is 5.92 Å². The van der Waals surface area contributed by atoms with Crippen LogP contribution in [0.1, 0.15) is 44.3 Å². The van der Waals surface area contributed by atoms with E-state index in [0.29, 0.717) is 17.1 Å². The van der Waals surface area contributed by atoms with Crippen molar-refractivity contribution in [3.05, 3.63) is 17.0 Å². The first-order valence-corrected chi connectivity index (χ1v) is 6.39. The van der Waals surface area contributed by atoms with Crippen molar-refractivity contribution >= 4 is 17.4 Å². The summed E-state index contributed by atoms with van der Waals surface area (Å²) < 4.78 is 0. The summed E-state index contributed by atoms with van der Waals surface area (Å²) in [6.07, 6.45) is 4.89. The summed E-state index contributed by atoms with van der Waals surface area (Å²) in [6, 6.07) is 2.41. The Morgan fingerprint density at radius 1 is 1.31 bits per heavy atom. The minimum Gasteiger partial charge on any atom is -0.367 e. The number of hydrogen-bond acceptors (Lipinski definition) is 3. The van der Waals surface area contributed by atoms with Crippen molar-refractivity contribution in [1.82, 2.24) is 9.97 Å². The Morgan fingerprint density at radius 3 is 2.69 bits per heavy atom. The van der Waals surface area contributed by atoms with Crippen molar-refractivity contribution in [3.8, 4) is 0 Å². The van der Waals surface area contributed by atoms with E-state index in [-0.39, 0.29) is 0 Å². The molecule has 2 saturated carbocycles. The van der Waals surface area contributed by atoms with Crippen LogP contribution in [0.25, 0.3) is 0 Å². The van der Waals surface area contributed by atoms with E-state index in [9.17, 15) is 0 Å². The van der Waals surface area contributed by atoms with Crippen molar-refractivity contribution < 1.29 is 0 Å². The van der Waals surface area contributed by atoms with E-state index in [2.05, 4.69) is 22.2 Å². The van der Waals surface area contributed by atoms with Crippen LogP contribution >= 0.6 is 11.6 Å². The van der Waals surface area contributed by atoms with E-state index in [1.54, 1.807) is 0 Å². The number of aromatic nitrogens is 2. The maximum atomic E-state index is 6.00. The normalized spacial score (nSPS) is 28.6. The highest BCUT2D eigenvalue weighted by atomic mass is 35.5. The first-order chi connectivity index (χ1) is 7.70. The molecule has 2 fully saturated rings. The SMILES string of the molecule is CC1CC(Nc2cc(Cl)nc(C3CC3)n2)C1. The lowest BCUT2D eigenvalue weighted by Crippen LogP contribution is -2.34. The fourth-order valence-electron chi connectivity index (χ4n) is 2.26. The van der Waals surface area contributed by atoms with Gasteiger partial charge in [0, 0.05) is 18.0 Å². The molecule has 0 atom stereocenters. The number of hydrogen-bond donors (Lipinski definition) is 1. The van der Waals surface area contributed by atoms with Crippen LogP contribution in [0.2, 0.25) is 5.15 Å². The first kappa shape index (κ1) is 10.3. The fourth-order valence-corrected chi connectivity index (χ4v) is 2.45. The second-order valence-corrected chi connectivity index (χ2v) is 5.51. The van der Waals surface area contributed by atoms with E-state index >= 15 is 0 Å². The average molecular weight is 238 g/mol. The smallest absolute Gasteiger partial charge is 0.135 e. The van der Waals surface area contributed by atoms with Gasteiger partial charge >= 0.3 is 0 Å². The second kappa shape index (κ2) is 3.88. The second-order valence-electron chi connectivity index (χ2n) is 5.13. The molecule has 3 nitrogen and oxygen atoms in total. The third-order valence-electron chi connectivity index (χ3n) is 3.38. The Balaban J connectivity index is 1.73. The molecule has 0 aliphatic heterocycles. The molecular weight excluding hydrogens is 222 g/mol.